The molecule has 120 valence electrons. The average Bonchev–Trinajstić information content (AvgIpc) is 3.18. The summed E-state index contributed by atoms with van der Waals surface area (Å²) in [5.74, 6) is 1.17. The van der Waals surface area contributed by atoms with Crippen LogP contribution in [0.25, 0.3) is 0 Å². The van der Waals surface area contributed by atoms with Crippen LogP contribution in [-0.4, -0.2) is 66.3 Å². The minimum atomic E-state index is 0.548. The summed E-state index contributed by atoms with van der Waals surface area (Å²) >= 11 is 0. The highest BCUT2D eigenvalue weighted by Crippen LogP contribution is 2.13. The third-order valence-electron chi connectivity index (χ3n) is 4.45. The van der Waals surface area contributed by atoms with Crippen molar-refractivity contribution in [3.63, 3.8) is 0 Å². The fourth-order valence-electron chi connectivity index (χ4n) is 3.06. The smallest absolute Gasteiger partial charge is 0.137 e. The fraction of sp³-hybridized carbons (Fsp3) is 0.667. The molecule has 1 fully saturated rings. The lowest BCUT2D eigenvalue weighted by molar-refractivity contribution is 0.0722. The van der Waals surface area contributed by atoms with Gasteiger partial charge in [0.2, 0.25) is 0 Å². The summed E-state index contributed by atoms with van der Waals surface area (Å²) in [5, 5.41) is 4.16. The molecule has 22 heavy (non-hydrogen) atoms. The molecule has 1 saturated heterocycles. The maximum Gasteiger partial charge on any atom is 0.137 e. The molecule has 7 nitrogen and oxygen atoms in total. The van der Waals surface area contributed by atoms with E-state index >= 15 is 0 Å². The molecule has 0 unspecified atom stereocenters. The van der Waals surface area contributed by atoms with E-state index < -0.39 is 0 Å². The van der Waals surface area contributed by atoms with Crippen molar-refractivity contribution in [3.05, 3.63) is 30.9 Å². The lowest BCUT2D eigenvalue weighted by Gasteiger charge is -2.39. The second-order valence-corrected chi connectivity index (χ2v) is 5.91. The van der Waals surface area contributed by atoms with Gasteiger partial charge in [0.1, 0.15) is 18.5 Å². The van der Waals surface area contributed by atoms with Crippen LogP contribution in [0.3, 0.4) is 0 Å². The number of piperazine rings is 1. The average molecular weight is 303 g/mol. The van der Waals surface area contributed by atoms with Crippen molar-refractivity contribution >= 4 is 0 Å². The van der Waals surface area contributed by atoms with Crippen LogP contribution in [-0.2, 0) is 19.6 Å². The summed E-state index contributed by atoms with van der Waals surface area (Å²) in [6.07, 6.45) is 7.34. The molecule has 0 radical (unpaired) electrons. The van der Waals surface area contributed by atoms with E-state index in [0.29, 0.717) is 6.04 Å². The molecule has 0 saturated carbocycles. The van der Waals surface area contributed by atoms with Crippen LogP contribution in [0.2, 0.25) is 0 Å². The molecule has 3 heterocycles. The standard InChI is InChI=1S/C15H25N7/c1-3-20-5-4-17-15(20)11-21-8-6-19(10-14(21)2)7-9-22-13-16-12-18-22/h4-5,12-14H,3,6-11H2,1-2H3/t14-/m1/s1. The Kier molecular flexibility index (Phi) is 4.84. The first-order valence-electron chi connectivity index (χ1n) is 8.05. The molecule has 1 atom stereocenters. The van der Waals surface area contributed by atoms with Crippen molar-refractivity contribution in [2.24, 2.45) is 0 Å². The van der Waals surface area contributed by atoms with E-state index in [1.807, 2.05) is 10.9 Å². The van der Waals surface area contributed by atoms with E-state index in [2.05, 4.69) is 49.5 Å². The van der Waals surface area contributed by atoms with Crippen LogP contribution in [0.1, 0.15) is 19.7 Å². The topological polar surface area (TPSA) is 55.0 Å². The molecule has 0 amide bonds. The molecule has 0 aromatic carbocycles. The van der Waals surface area contributed by atoms with Crippen LogP contribution in [0, 0.1) is 0 Å². The number of nitrogens with zero attached hydrogens (tertiary/aromatic N) is 7. The van der Waals surface area contributed by atoms with Gasteiger partial charge in [0, 0.05) is 51.2 Å². The monoisotopic (exact) mass is 303 g/mol. The fourth-order valence-corrected chi connectivity index (χ4v) is 3.06. The molecule has 0 N–H and O–H groups in total. The second kappa shape index (κ2) is 7.02. The number of rotatable bonds is 6. The van der Waals surface area contributed by atoms with Crippen molar-refractivity contribution in [1.29, 1.82) is 0 Å². The Morgan fingerprint density at radius 2 is 2.18 bits per heavy atom. The summed E-state index contributed by atoms with van der Waals surface area (Å²) in [6.45, 7) is 11.6. The van der Waals surface area contributed by atoms with Crippen LogP contribution < -0.4 is 0 Å². The number of imidazole rings is 1. The first kappa shape index (κ1) is 15.2. The normalized spacial score (nSPS) is 20.5. The minimum Gasteiger partial charge on any atom is -0.334 e. The van der Waals surface area contributed by atoms with E-state index in [9.17, 15) is 0 Å². The van der Waals surface area contributed by atoms with Gasteiger partial charge in [0.15, 0.2) is 0 Å². The van der Waals surface area contributed by atoms with E-state index in [0.717, 1.165) is 45.8 Å². The molecule has 7 heteroatoms. The van der Waals surface area contributed by atoms with Gasteiger partial charge in [-0.05, 0) is 13.8 Å². The zero-order valence-corrected chi connectivity index (χ0v) is 13.5. The third kappa shape index (κ3) is 3.53. The Labute approximate surface area is 131 Å². The molecular weight excluding hydrogens is 278 g/mol. The molecule has 0 bridgehead atoms. The number of hydrogen-bond donors (Lipinski definition) is 0. The van der Waals surface area contributed by atoms with Gasteiger partial charge in [0.25, 0.3) is 0 Å². The van der Waals surface area contributed by atoms with E-state index in [1.54, 1.807) is 12.7 Å². The molecule has 1 aliphatic heterocycles. The van der Waals surface area contributed by atoms with Gasteiger partial charge in [-0.2, -0.15) is 5.10 Å². The molecule has 2 aromatic rings. The Bertz CT molecular complexity index is 562. The number of aryl methyl sites for hydroxylation is 1. The summed E-state index contributed by atoms with van der Waals surface area (Å²) < 4.78 is 4.12. The van der Waals surface area contributed by atoms with Crippen LogP contribution in [0.4, 0.5) is 0 Å². The van der Waals surface area contributed by atoms with Gasteiger partial charge >= 0.3 is 0 Å². The van der Waals surface area contributed by atoms with Crippen molar-refractivity contribution in [2.45, 2.75) is 39.5 Å². The Balaban J connectivity index is 1.49. The summed E-state index contributed by atoms with van der Waals surface area (Å²) in [6, 6.07) is 0.548. The molecule has 0 spiro atoms. The lowest BCUT2D eigenvalue weighted by Crippen LogP contribution is -2.52. The second-order valence-electron chi connectivity index (χ2n) is 5.91. The Morgan fingerprint density at radius 1 is 1.27 bits per heavy atom. The van der Waals surface area contributed by atoms with Crippen molar-refractivity contribution in [3.8, 4) is 0 Å². The highest BCUT2D eigenvalue weighted by Gasteiger charge is 2.24. The quantitative estimate of drug-likeness (QED) is 0.786. The molecular formula is C15H25N7. The first-order valence-corrected chi connectivity index (χ1v) is 8.05. The van der Waals surface area contributed by atoms with Crippen molar-refractivity contribution < 1.29 is 0 Å². The highest BCUT2D eigenvalue weighted by molar-refractivity contribution is 4.94. The molecule has 0 aliphatic carbocycles. The zero-order chi connectivity index (χ0) is 15.4. The Morgan fingerprint density at radius 3 is 2.91 bits per heavy atom. The van der Waals surface area contributed by atoms with Gasteiger partial charge in [-0.1, -0.05) is 0 Å². The highest BCUT2D eigenvalue weighted by atomic mass is 15.3. The van der Waals surface area contributed by atoms with E-state index in [4.69, 9.17) is 0 Å². The molecule has 2 aromatic heterocycles. The van der Waals surface area contributed by atoms with Gasteiger partial charge < -0.3 is 4.57 Å². The first-order chi connectivity index (χ1) is 10.8. The van der Waals surface area contributed by atoms with Gasteiger partial charge in [-0.15, -0.1) is 0 Å². The van der Waals surface area contributed by atoms with Gasteiger partial charge in [-0.25, -0.2) is 9.97 Å². The zero-order valence-electron chi connectivity index (χ0n) is 13.5. The predicted octanol–water partition coefficient (Wildman–Crippen LogP) is 0.701. The Hall–Kier alpha value is -1.73. The largest absolute Gasteiger partial charge is 0.334 e. The number of hydrogen-bond acceptors (Lipinski definition) is 5. The summed E-state index contributed by atoms with van der Waals surface area (Å²) in [7, 11) is 0. The minimum absolute atomic E-state index is 0.548. The maximum absolute atomic E-state index is 4.49. The predicted molar refractivity (Wildman–Crippen MR) is 84.2 cm³/mol. The van der Waals surface area contributed by atoms with Gasteiger partial charge in [0.05, 0.1) is 13.1 Å². The van der Waals surface area contributed by atoms with Gasteiger partial charge in [-0.3, -0.25) is 14.5 Å². The van der Waals surface area contributed by atoms with Crippen LogP contribution in [0.15, 0.2) is 25.0 Å². The van der Waals surface area contributed by atoms with Crippen molar-refractivity contribution in [2.75, 3.05) is 26.2 Å². The summed E-state index contributed by atoms with van der Waals surface area (Å²) in [4.78, 5) is 13.5. The summed E-state index contributed by atoms with van der Waals surface area (Å²) in [5.41, 5.74) is 0. The van der Waals surface area contributed by atoms with E-state index in [-0.39, 0.29) is 0 Å². The molecule has 1 aliphatic rings. The maximum atomic E-state index is 4.49. The van der Waals surface area contributed by atoms with Crippen molar-refractivity contribution in [1.82, 2.24) is 34.1 Å². The third-order valence-corrected chi connectivity index (χ3v) is 4.45. The SMILES string of the molecule is CCn1ccnc1CN1CCN(CCn2cncn2)C[C@H]1C. The number of aromatic nitrogens is 5. The molecule has 3 rings (SSSR count). The van der Waals surface area contributed by atoms with Crippen LogP contribution in [0.5, 0.6) is 0 Å². The lowest BCUT2D eigenvalue weighted by atomic mass is 10.2. The van der Waals surface area contributed by atoms with E-state index in [1.165, 1.54) is 5.82 Å². The van der Waals surface area contributed by atoms with Crippen LogP contribution >= 0.6 is 0 Å².